The van der Waals surface area contributed by atoms with E-state index in [-0.39, 0.29) is 11.8 Å². The van der Waals surface area contributed by atoms with E-state index in [0.717, 1.165) is 48.5 Å². The van der Waals surface area contributed by atoms with Crippen LogP contribution in [0.2, 0.25) is 0 Å². The summed E-state index contributed by atoms with van der Waals surface area (Å²) in [5.74, 6) is 1.23. The zero-order chi connectivity index (χ0) is 15.4. The number of methoxy groups -OCH3 is 1. The van der Waals surface area contributed by atoms with Gasteiger partial charge in [-0.1, -0.05) is 0 Å². The zero-order valence-corrected chi connectivity index (χ0v) is 13.4. The van der Waals surface area contributed by atoms with E-state index in [1.165, 1.54) is 0 Å². The van der Waals surface area contributed by atoms with Crippen LogP contribution in [0.5, 0.6) is 5.75 Å². The zero-order valence-electron chi connectivity index (χ0n) is 13.4. The fourth-order valence-corrected chi connectivity index (χ4v) is 2.91. The second kappa shape index (κ2) is 6.89. The van der Waals surface area contributed by atoms with Crippen LogP contribution in [0.1, 0.15) is 29.7 Å². The number of nitrogens with one attached hydrogen (secondary N) is 1. The molecule has 21 heavy (non-hydrogen) atoms. The minimum atomic E-state index is 0.143. The molecule has 2 heterocycles. The average molecular weight is 291 g/mol. The minimum absolute atomic E-state index is 0.143. The first-order valence-corrected chi connectivity index (χ1v) is 7.49. The van der Waals surface area contributed by atoms with Gasteiger partial charge in [-0.3, -0.25) is 9.78 Å². The Balaban J connectivity index is 2.08. The highest BCUT2D eigenvalue weighted by molar-refractivity contribution is 5.78. The van der Waals surface area contributed by atoms with Gasteiger partial charge in [0.15, 0.2) is 0 Å². The molecule has 0 aliphatic carbocycles. The van der Waals surface area contributed by atoms with Gasteiger partial charge in [0.25, 0.3) is 0 Å². The Kier molecular flexibility index (Phi) is 5.17. The highest BCUT2D eigenvalue weighted by Gasteiger charge is 2.24. The molecule has 1 N–H and O–H groups in total. The van der Waals surface area contributed by atoms with E-state index in [4.69, 9.17) is 4.74 Å². The Labute approximate surface area is 126 Å². The summed E-state index contributed by atoms with van der Waals surface area (Å²) in [6.45, 7) is 6.37. The Morgan fingerprint density at radius 1 is 1.43 bits per heavy atom. The summed E-state index contributed by atoms with van der Waals surface area (Å²) in [4.78, 5) is 18.7. The molecule has 1 amide bonds. The summed E-state index contributed by atoms with van der Waals surface area (Å²) in [6.07, 6.45) is 3.66. The number of aryl methyl sites for hydroxylation is 1. The molecule has 116 valence electrons. The molecular weight excluding hydrogens is 266 g/mol. The molecule has 0 unspecified atom stereocenters. The van der Waals surface area contributed by atoms with Crippen molar-refractivity contribution in [2.24, 2.45) is 5.92 Å². The van der Waals surface area contributed by atoms with Gasteiger partial charge in [-0.2, -0.15) is 0 Å². The minimum Gasteiger partial charge on any atom is -0.496 e. The fourth-order valence-electron chi connectivity index (χ4n) is 2.91. The van der Waals surface area contributed by atoms with Gasteiger partial charge in [0.05, 0.1) is 19.3 Å². The molecule has 0 atom stereocenters. The molecule has 1 fully saturated rings. The number of amides is 1. The Morgan fingerprint density at radius 3 is 2.71 bits per heavy atom. The van der Waals surface area contributed by atoms with E-state index < -0.39 is 0 Å². The van der Waals surface area contributed by atoms with Crippen LogP contribution < -0.4 is 10.1 Å². The Morgan fingerprint density at radius 2 is 2.10 bits per heavy atom. The number of piperidine rings is 1. The lowest BCUT2D eigenvalue weighted by molar-refractivity contribution is -0.135. The maximum Gasteiger partial charge on any atom is 0.225 e. The highest BCUT2D eigenvalue weighted by Crippen LogP contribution is 2.25. The van der Waals surface area contributed by atoms with Crippen LogP contribution in [-0.2, 0) is 11.3 Å². The molecule has 0 saturated carbocycles. The van der Waals surface area contributed by atoms with Crippen molar-refractivity contribution in [3.05, 3.63) is 23.0 Å². The van der Waals surface area contributed by atoms with Gasteiger partial charge in [0, 0.05) is 30.3 Å². The molecule has 5 heteroatoms. The monoisotopic (exact) mass is 291 g/mol. The quantitative estimate of drug-likeness (QED) is 0.917. The van der Waals surface area contributed by atoms with Crippen molar-refractivity contribution in [2.45, 2.75) is 33.2 Å². The smallest absolute Gasteiger partial charge is 0.225 e. The number of rotatable bonds is 4. The topological polar surface area (TPSA) is 54.5 Å². The Bertz CT molecular complexity index is 510. The first-order valence-electron chi connectivity index (χ1n) is 7.49. The summed E-state index contributed by atoms with van der Waals surface area (Å²) < 4.78 is 5.42. The lowest BCUT2D eigenvalue weighted by Crippen LogP contribution is -2.39. The van der Waals surface area contributed by atoms with E-state index in [0.29, 0.717) is 6.54 Å². The normalized spacial score (nSPS) is 15.8. The van der Waals surface area contributed by atoms with E-state index in [1.54, 1.807) is 12.0 Å². The van der Waals surface area contributed by atoms with Crippen LogP contribution in [0.25, 0.3) is 0 Å². The van der Waals surface area contributed by atoms with Gasteiger partial charge < -0.3 is 15.0 Å². The maximum atomic E-state index is 12.5. The van der Waals surface area contributed by atoms with Gasteiger partial charge in [-0.15, -0.1) is 0 Å². The third-order valence-corrected chi connectivity index (χ3v) is 4.20. The van der Waals surface area contributed by atoms with Crippen molar-refractivity contribution in [1.82, 2.24) is 15.2 Å². The molecule has 0 radical (unpaired) electrons. The summed E-state index contributed by atoms with van der Waals surface area (Å²) in [5, 5.41) is 3.29. The Hall–Kier alpha value is -1.62. The molecule has 0 bridgehead atoms. The van der Waals surface area contributed by atoms with Gasteiger partial charge in [-0.05, 0) is 39.8 Å². The van der Waals surface area contributed by atoms with Crippen LogP contribution in [0, 0.1) is 19.8 Å². The van der Waals surface area contributed by atoms with Crippen molar-refractivity contribution in [3.63, 3.8) is 0 Å². The van der Waals surface area contributed by atoms with Crippen LogP contribution in [0.3, 0.4) is 0 Å². The molecule has 1 aliphatic heterocycles. The second-order valence-electron chi connectivity index (χ2n) is 5.76. The van der Waals surface area contributed by atoms with Crippen molar-refractivity contribution in [2.75, 3.05) is 27.2 Å². The lowest BCUT2D eigenvalue weighted by Gasteiger charge is -2.27. The molecule has 0 aromatic carbocycles. The molecule has 1 aromatic heterocycles. The largest absolute Gasteiger partial charge is 0.496 e. The number of aromatic nitrogens is 1. The SMILES string of the molecule is COc1c(C)cnc(CN(C)C(=O)C2CCNCC2)c1C. The predicted molar refractivity (Wildman–Crippen MR) is 82.3 cm³/mol. The highest BCUT2D eigenvalue weighted by atomic mass is 16.5. The molecule has 5 nitrogen and oxygen atoms in total. The predicted octanol–water partition coefficient (Wildman–Crippen LogP) is 1.67. The van der Waals surface area contributed by atoms with E-state index in [1.807, 2.05) is 27.1 Å². The molecule has 1 aromatic rings. The van der Waals surface area contributed by atoms with E-state index in [2.05, 4.69) is 10.3 Å². The summed E-state index contributed by atoms with van der Waals surface area (Å²) in [7, 11) is 3.53. The number of carbonyl (C=O) groups excluding carboxylic acids is 1. The molecule has 0 spiro atoms. The van der Waals surface area contributed by atoms with E-state index >= 15 is 0 Å². The second-order valence-corrected chi connectivity index (χ2v) is 5.76. The third kappa shape index (κ3) is 3.53. The third-order valence-electron chi connectivity index (χ3n) is 4.20. The number of nitrogens with zero attached hydrogens (tertiary/aromatic N) is 2. The van der Waals surface area contributed by atoms with Gasteiger partial charge in [-0.25, -0.2) is 0 Å². The van der Waals surface area contributed by atoms with Crippen LogP contribution in [0.15, 0.2) is 6.20 Å². The van der Waals surface area contributed by atoms with Crippen LogP contribution in [0.4, 0.5) is 0 Å². The van der Waals surface area contributed by atoms with Crippen LogP contribution >= 0.6 is 0 Å². The van der Waals surface area contributed by atoms with Crippen molar-refractivity contribution in [3.8, 4) is 5.75 Å². The first kappa shape index (κ1) is 15.8. The molecular formula is C16H25N3O2. The van der Waals surface area contributed by atoms with Gasteiger partial charge in [0.2, 0.25) is 5.91 Å². The summed E-state index contributed by atoms with van der Waals surface area (Å²) in [6, 6.07) is 0. The fraction of sp³-hybridized carbons (Fsp3) is 0.625. The number of hydrogen-bond acceptors (Lipinski definition) is 4. The van der Waals surface area contributed by atoms with Crippen molar-refractivity contribution < 1.29 is 9.53 Å². The van der Waals surface area contributed by atoms with Gasteiger partial charge >= 0.3 is 0 Å². The van der Waals surface area contributed by atoms with E-state index in [9.17, 15) is 4.79 Å². The van der Waals surface area contributed by atoms with Crippen molar-refractivity contribution >= 4 is 5.91 Å². The number of ether oxygens (including phenoxy) is 1. The molecule has 1 saturated heterocycles. The van der Waals surface area contributed by atoms with Gasteiger partial charge in [0.1, 0.15) is 5.75 Å². The number of pyridine rings is 1. The molecule has 2 rings (SSSR count). The summed E-state index contributed by atoms with van der Waals surface area (Å²) in [5.41, 5.74) is 2.94. The standard InChI is InChI=1S/C16H25N3O2/c1-11-9-18-14(12(2)15(11)21-4)10-19(3)16(20)13-5-7-17-8-6-13/h9,13,17H,5-8,10H2,1-4H3. The lowest BCUT2D eigenvalue weighted by atomic mass is 9.96. The molecule has 1 aliphatic rings. The van der Waals surface area contributed by atoms with Crippen molar-refractivity contribution in [1.29, 1.82) is 0 Å². The van der Waals surface area contributed by atoms with Crippen LogP contribution in [-0.4, -0.2) is 43.0 Å². The first-order chi connectivity index (χ1) is 10.0. The maximum absolute atomic E-state index is 12.5. The summed E-state index contributed by atoms with van der Waals surface area (Å²) >= 11 is 0. The average Bonchev–Trinajstić information content (AvgIpc) is 2.50. The number of hydrogen-bond donors (Lipinski definition) is 1. The number of carbonyl (C=O) groups is 1.